The van der Waals surface area contributed by atoms with E-state index in [4.69, 9.17) is 0 Å². The molecular formula is C44H60Cl2I6N3-. The van der Waals surface area contributed by atoms with Crippen molar-refractivity contribution >= 4 is 123 Å². The molecule has 0 aliphatic heterocycles. The molecule has 0 heterocycles. The van der Waals surface area contributed by atoms with Gasteiger partial charge in [-0.15, -0.1) is 48.8 Å². The van der Waals surface area contributed by atoms with Gasteiger partial charge in [0.05, 0.1) is 0 Å². The third-order valence-corrected chi connectivity index (χ3v) is 8.68. The maximum atomic E-state index is 3.21. The molecule has 0 radical (unpaired) electrons. The monoisotopic (exact) mass is 1460 g/mol. The number of nitrogens with zero attached hydrogens (tertiary/aromatic N) is 2. The van der Waals surface area contributed by atoms with Crippen LogP contribution < -0.4 is 18.6 Å². The predicted molar refractivity (Wildman–Crippen MR) is 290 cm³/mol. The van der Waals surface area contributed by atoms with Gasteiger partial charge in [0.1, 0.15) is 0 Å². The summed E-state index contributed by atoms with van der Waals surface area (Å²) in [6.45, 7) is 8.78. The van der Waals surface area contributed by atoms with Gasteiger partial charge < -0.3 is 5.32 Å². The minimum absolute atomic E-state index is 0. The molecule has 5 aromatic carbocycles. The molecule has 0 saturated heterocycles. The van der Waals surface area contributed by atoms with Crippen LogP contribution in [0.2, 0.25) is 0 Å². The van der Waals surface area contributed by atoms with E-state index < -0.39 is 0 Å². The Bertz CT molecular complexity index is 1320. The van der Waals surface area contributed by atoms with Gasteiger partial charge in [0.25, 0.3) is 0 Å². The number of hydrogen-bond acceptors (Lipinski definition) is 3. The standard InChI is InChI=1S/2C17H21N.C10H15N.2ClH.I3.I2.HI/c2*1-15(13-16-9-5-3-6-10-16)18(2)14-17-11-7-4-8-12-17;1-9(11-2)8-10-6-4-3-5-7-10;;;1-3-2;1-2;/h2*3-12,15H,13-14H2,1-2H3;3-7,9,11H,8H2,1-2H3;2*1H;;;1H/q;;;;;-1;;/t2*15-;9-;;;;;/m000...../s1. The fourth-order valence-corrected chi connectivity index (χ4v) is 5.35. The zero-order valence-electron chi connectivity index (χ0n) is 32.7. The van der Waals surface area contributed by atoms with Crippen molar-refractivity contribution in [1.29, 1.82) is 0 Å². The first-order chi connectivity index (χ1) is 25.2. The van der Waals surface area contributed by atoms with Crippen molar-refractivity contribution in [3.8, 4) is 0 Å². The second-order valence-corrected chi connectivity index (χ2v) is 29.1. The van der Waals surface area contributed by atoms with Gasteiger partial charge in [-0.05, 0) is 89.0 Å². The first-order valence-electron chi connectivity index (χ1n) is 17.5. The van der Waals surface area contributed by atoms with E-state index in [2.05, 4.69) is 270 Å². The van der Waals surface area contributed by atoms with Crippen LogP contribution >= 0.6 is 123 Å². The van der Waals surface area contributed by atoms with Crippen LogP contribution in [0, 0.1) is 0 Å². The molecule has 5 rings (SSSR count). The summed E-state index contributed by atoms with van der Waals surface area (Å²) in [7, 11) is 6.38. The Morgan fingerprint density at radius 1 is 0.473 bits per heavy atom. The summed E-state index contributed by atoms with van der Waals surface area (Å²) < 4.78 is 0. The zero-order valence-corrected chi connectivity index (χ0v) is 47.5. The Kier molecular flexibility index (Phi) is 44.2. The Morgan fingerprint density at radius 3 is 0.927 bits per heavy atom. The number of rotatable bonds is 13. The van der Waals surface area contributed by atoms with Crippen molar-refractivity contribution in [1.82, 2.24) is 15.1 Å². The molecule has 0 amide bonds. The average Bonchev–Trinajstić information content (AvgIpc) is 3.18. The van der Waals surface area contributed by atoms with Crippen LogP contribution in [-0.2, 0) is 32.4 Å². The Labute approximate surface area is 417 Å². The summed E-state index contributed by atoms with van der Waals surface area (Å²) >= 11 is 9.54. The van der Waals surface area contributed by atoms with E-state index in [9.17, 15) is 0 Å². The molecule has 0 aliphatic rings. The maximum absolute atomic E-state index is 3.21. The Morgan fingerprint density at radius 2 is 0.691 bits per heavy atom. The Hall–Kier alpha value is 0.940. The molecule has 0 fully saturated rings. The summed E-state index contributed by atoms with van der Waals surface area (Å²) in [6, 6.07) is 54.9. The topological polar surface area (TPSA) is 18.5 Å². The van der Waals surface area contributed by atoms with Crippen molar-refractivity contribution in [2.24, 2.45) is 0 Å². The average molecular weight is 1460 g/mol. The van der Waals surface area contributed by atoms with E-state index in [0.29, 0.717) is 31.4 Å². The van der Waals surface area contributed by atoms with Crippen LogP contribution in [0.1, 0.15) is 48.6 Å². The number of benzene rings is 5. The van der Waals surface area contributed by atoms with Crippen molar-refractivity contribution in [3.63, 3.8) is 0 Å². The number of likely N-dealkylation sites (N-methyl/N-ethyl adjacent to an activating group) is 3. The predicted octanol–water partition coefficient (Wildman–Crippen LogP) is 11.3. The van der Waals surface area contributed by atoms with Gasteiger partial charge in [0.15, 0.2) is 0 Å². The van der Waals surface area contributed by atoms with Gasteiger partial charge in [-0.1, -0.05) is 152 Å². The molecule has 3 atom stereocenters. The molecule has 1 N–H and O–H groups in total. The first kappa shape index (κ1) is 60.2. The molecular weight excluding hydrogens is 1400 g/mol. The summed E-state index contributed by atoms with van der Waals surface area (Å²) in [5.41, 5.74) is 6.96. The van der Waals surface area contributed by atoms with Crippen LogP contribution in [0.5, 0.6) is 0 Å². The van der Waals surface area contributed by atoms with Gasteiger partial charge >= 0.3 is 50.5 Å². The van der Waals surface area contributed by atoms with E-state index >= 15 is 0 Å². The summed E-state index contributed by atoms with van der Waals surface area (Å²) in [5.74, 6) is 0. The van der Waals surface area contributed by atoms with E-state index in [-0.39, 0.29) is 48.8 Å². The molecule has 5 aromatic rings. The zero-order chi connectivity index (χ0) is 38.4. The number of hydrogen-bond donors (Lipinski definition) is 1. The van der Waals surface area contributed by atoms with E-state index in [1.165, 1.54) is 27.8 Å². The second kappa shape index (κ2) is 40.4. The molecule has 11 heteroatoms. The third-order valence-electron chi connectivity index (χ3n) is 8.68. The molecule has 0 saturated carbocycles. The normalized spacial score (nSPS) is 11.3. The fraction of sp³-hybridized carbons (Fsp3) is 0.318. The van der Waals surface area contributed by atoms with Crippen molar-refractivity contribution < 1.29 is 13.3 Å². The van der Waals surface area contributed by atoms with Gasteiger partial charge in [-0.3, -0.25) is 9.80 Å². The molecule has 308 valence electrons. The van der Waals surface area contributed by atoms with Gasteiger partial charge in [0.2, 0.25) is 0 Å². The van der Waals surface area contributed by atoms with Gasteiger partial charge in [-0.25, -0.2) is 0 Å². The van der Waals surface area contributed by atoms with Gasteiger partial charge in [0, 0.05) is 68.4 Å². The van der Waals surface area contributed by atoms with Crippen LogP contribution in [0.25, 0.3) is 0 Å². The van der Waals surface area contributed by atoms with Crippen molar-refractivity contribution in [2.45, 2.75) is 71.2 Å². The minimum atomic E-state index is 0. The van der Waals surface area contributed by atoms with Gasteiger partial charge in [-0.2, -0.15) is 0 Å². The second-order valence-electron chi connectivity index (χ2n) is 12.8. The van der Waals surface area contributed by atoms with Crippen LogP contribution in [0.4, 0.5) is 0 Å². The van der Waals surface area contributed by atoms with Crippen LogP contribution in [0.15, 0.2) is 152 Å². The fourth-order valence-electron chi connectivity index (χ4n) is 5.35. The first-order valence-corrected chi connectivity index (χ1v) is 36.4. The number of nitrogens with one attached hydrogen (secondary N) is 1. The van der Waals surface area contributed by atoms with Crippen LogP contribution in [-0.4, -0.2) is 49.1 Å². The summed E-state index contributed by atoms with van der Waals surface area (Å²) in [6.07, 6.45) is 3.31. The quantitative estimate of drug-likeness (QED) is 0.119. The Balaban J connectivity index is -0.000000694. The van der Waals surface area contributed by atoms with E-state index in [1.807, 2.05) is 13.1 Å². The van der Waals surface area contributed by atoms with E-state index in [1.54, 1.807) is 0 Å². The molecule has 0 spiro atoms. The van der Waals surface area contributed by atoms with Crippen molar-refractivity contribution in [3.05, 3.63) is 179 Å². The molecule has 0 aromatic heterocycles. The molecule has 55 heavy (non-hydrogen) atoms. The SMILES string of the molecule is CN[C@@H](C)Cc1ccccc1.C[C@@H](Cc1ccccc1)N(C)Cc1ccccc1.C[C@@H](Cc1ccccc1)N(C)Cc1ccccc1.Cl.Cl.I.II.I[I-]I. The third kappa shape index (κ3) is 30.6. The molecule has 3 nitrogen and oxygen atoms in total. The molecule has 0 bridgehead atoms. The summed E-state index contributed by atoms with van der Waals surface area (Å²) in [4.78, 5) is 4.81. The number of halogens is 8. The summed E-state index contributed by atoms with van der Waals surface area (Å²) in [5, 5.41) is 3.21. The van der Waals surface area contributed by atoms with E-state index in [0.717, 1.165) is 32.4 Å². The van der Waals surface area contributed by atoms with Crippen LogP contribution in [0.3, 0.4) is 0 Å². The van der Waals surface area contributed by atoms with Crippen molar-refractivity contribution in [2.75, 3.05) is 21.1 Å². The molecule has 0 aliphatic carbocycles. The molecule has 0 unspecified atom stereocenters.